The zero-order valence-electron chi connectivity index (χ0n) is 17.0. The molecule has 1 aliphatic heterocycles. The number of piperidine rings is 1. The first-order valence-corrected chi connectivity index (χ1v) is 10.9. The molecular formula is C21H28N4O3S. The monoisotopic (exact) mass is 416 g/mol. The van der Waals surface area contributed by atoms with E-state index in [0.29, 0.717) is 48.3 Å². The van der Waals surface area contributed by atoms with Gasteiger partial charge in [-0.05, 0) is 67.9 Å². The maximum atomic E-state index is 12.5. The Balaban J connectivity index is 1.41. The number of hydrogen-bond acceptors (Lipinski definition) is 6. The second-order valence-electron chi connectivity index (χ2n) is 7.36. The number of hydrogen-bond donors (Lipinski definition) is 1. The van der Waals surface area contributed by atoms with Crippen LogP contribution in [0.4, 0.5) is 0 Å². The average molecular weight is 417 g/mol. The van der Waals surface area contributed by atoms with E-state index in [1.165, 1.54) is 0 Å². The van der Waals surface area contributed by atoms with Gasteiger partial charge in [0.1, 0.15) is 10.6 Å². The molecule has 1 aromatic heterocycles. The summed E-state index contributed by atoms with van der Waals surface area (Å²) < 4.78 is 9.47. The highest BCUT2D eigenvalue weighted by atomic mass is 32.1. The van der Waals surface area contributed by atoms with E-state index in [2.05, 4.69) is 21.8 Å². The Hall–Kier alpha value is -2.48. The van der Waals surface area contributed by atoms with Crippen LogP contribution >= 0.6 is 11.5 Å². The molecule has 8 heteroatoms. The molecule has 0 spiro atoms. The molecule has 0 saturated carbocycles. The van der Waals surface area contributed by atoms with E-state index in [1.54, 1.807) is 12.1 Å². The Bertz CT molecular complexity index is 814. The van der Waals surface area contributed by atoms with Crippen LogP contribution in [0.15, 0.2) is 24.3 Å². The summed E-state index contributed by atoms with van der Waals surface area (Å²) in [7, 11) is 0. The number of nitrogens with zero attached hydrogens (tertiary/aromatic N) is 3. The van der Waals surface area contributed by atoms with Crippen molar-refractivity contribution in [2.75, 3.05) is 26.2 Å². The molecule has 0 atom stereocenters. The number of aromatic nitrogens is 2. The van der Waals surface area contributed by atoms with E-state index in [1.807, 2.05) is 24.0 Å². The van der Waals surface area contributed by atoms with Crippen molar-refractivity contribution in [2.45, 2.75) is 39.5 Å². The number of unbranched alkanes of at least 4 members (excludes halogenated alkanes) is 1. The molecule has 0 bridgehead atoms. The molecule has 1 N–H and O–H groups in total. The van der Waals surface area contributed by atoms with Gasteiger partial charge in [0, 0.05) is 25.2 Å². The number of benzene rings is 1. The summed E-state index contributed by atoms with van der Waals surface area (Å²) in [5.41, 5.74) is 1.32. The lowest BCUT2D eigenvalue weighted by molar-refractivity contribution is 0.0688. The largest absolute Gasteiger partial charge is 0.494 e. The summed E-state index contributed by atoms with van der Waals surface area (Å²) in [6.45, 7) is 6.64. The summed E-state index contributed by atoms with van der Waals surface area (Å²) in [6, 6.07) is 7.27. The summed E-state index contributed by atoms with van der Waals surface area (Å²) in [4.78, 5) is 27.4. The van der Waals surface area contributed by atoms with E-state index in [4.69, 9.17) is 4.74 Å². The van der Waals surface area contributed by atoms with Crippen LogP contribution in [0, 0.1) is 12.8 Å². The molecule has 1 saturated heterocycles. The molecule has 0 aliphatic carbocycles. The highest BCUT2D eigenvalue weighted by Gasteiger charge is 2.26. The first kappa shape index (κ1) is 21.2. The molecular weight excluding hydrogens is 388 g/mol. The zero-order valence-corrected chi connectivity index (χ0v) is 17.8. The quantitative estimate of drug-likeness (QED) is 0.668. The fourth-order valence-corrected chi connectivity index (χ4v) is 3.91. The Kier molecular flexibility index (Phi) is 7.57. The predicted octanol–water partition coefficient (Wildman–Crippen LogP) is 3.31. The van der Waals surface area contributed by atoms with E-state index >= 15 is 0 Å². The molecule has 7 nitrogen and oxygen atoms in total. The third kappa shape index (κ3) is 5.76. The fraction of sp³-hybridized carbons (Fsp3) is 0.524. The maximum absolute atomic E-state index is 12.5. The van der Waals surface area contributed by atoms with Gasteiger partial charge < -0.3 is 15.0 Å². The van der Waals surface area contributed by atoms with Crippen molar-refractivity contribution in [3.05, 3.63) is 40.4 Å². The second-order valence-corrected chi connectivity index (χ2v) is 8.11. The van der Waals surface area contributed by atoms with E-state index < -0.39 is 0 Å². The van der Waals surface area contributed by atoms with Crippen molar-refractivity contribution < 1.29 is 14.3 Å². The predicted molar refractivity (Wildman–Crippen MR) is 112 cm³/mol. The average Bonchev–Trinajstić information content (AvgIpc) is 3.18. The van der Waals surface area contributed by atoms with Crippen LogP contribution in [0.1, 0.15) is 58.3 Å². The first-order valence-electron chi connectivity index (χ1n) is 10.2. The molecule has 0 radical (unpaired) electrons. The molecule has 1 aromatic carbocycles. The van der Waals surface area contributed by atoms with Crippen molar-refractivity contribution in [3.63, 3.8) is 0 Å². The van der Waals surface area contributed by atoms with Gasteiger partial charge in [-0.15, -0.1) is 5.10 Å². The number of amides is 2. The molecule has 1 aliphatic rings. The van der Waals surface area contributed by atoms with Gasteiger partial charge in [-0.3, -0.25) is 9.59 Å². The lowest BCUT2D eigenvalue weighted by atomic mass is 9.96. The van der Waals surface area contributed by atoms with Crippen LogP contribution < -0.4 is 10.1 Å². The van der Waals surface area contributed by atoms with Gasteiger partial charge in [-0.1, -0.05) is 17.8 Å². The van der Waals surface area contributed by atoms with Crippen LogP contribution in [0.5, 0.6) is 5.75 Å². The van der Waals surface area contributed by atoms with Crippen LogP contribution in [0.2, 0.25) is 0 Å². The van der Waals surface area contributed by atoms with Gasteiger partial charge in [0.05, 0.1) is 12.3 Å². The molecule has 3 rings (SSSR count). The summed E-state index contributed by atoms with van der Waals surface area (Å²) in [5.74, 6) is 1.11. The Morgan fingerprint density at radius 1 is 1.24 bits per heavy atom. The Morgan fingerprint density at radius 2 is 1.97 bits per heavy atom. The summed E-state index contributed by atoms with van der Waals surface area (Å²) >= 11 is 1.15. The van der Waals surface area contributed by atoms with E-state index in [0.717, 1.165) is 43.0 Å². The number of ether oxygens (including phenoxy) is 1. The third-order valence-corrected chi connectivity index (χ3v) is 6.00. The van der Waals surface area contributed by atoms with Crippen LogP contribution in [0.3, 0.4) is 0 Å². The minimum absolute atomic E-state index is 0.0150. The molecule has 2 amide bonds. The van der Waals surface area contributed by atoms with Gasteiger partial charge in [-0.25, -0.2) is 0 Å². The number of nitrogens with one attached hydrogen (secondary N) is 1. The highest BCUT2D eigenvalue weighted by Crippen LogP contribution is 2.21. The highest BCUT2D eigenvalue weighted by molar-refractivity contribution is 7.07. The van der Waals surface area contributed by atoms with Gasteiger partial charge >= 0.3 is 0 Å². The van der Waals surface area contributed by atoms with Crippen molar-refractivity contribution in [3.8, 4) is 5.75 Å². The van der Waals surface area contributed by atoms with Crippen LogP contribution in [-0.2, 0) is 0 Å². The standard InChI is InChI=1S/C21H28N4O3S/c1-3-4-13-28-18-7-5-17(6-8-18)20(26)22-14-16-9-11-25(12-10-16)21(27)19-15(2)23-24-29-19/h5-8,16H,3-4,9-14H2,1-2H3,(H,22,26). The van der Waals surface area contributed by atoms with Crippen LogP contribution in [-0.4, -0.2) is 52.5 Å². The molecule has 2 heterocycles. The van der Waals surface area contributed by atoms with Gasteiger partial charge in [0.25, 0.3) is 11.8 Å². The summed E-state index contributed by atoms with van der Waals surface area (Å²) in [6.07, 6.45) is 3.87. The number of carbonyl (C=O) groups excluding carboxylic acids is 2. The number of likely N-dealkylation sites (tertiary alicyclic amines) is 1. The van der Waals surface area contributed by atoms with Gasteiger partial charge in [0.15, 0.2) is 0 Å². The number of carbonyl (C=O) groups is 2. The lowest BCUT2D eigenvalue weighted by Gasteiger charge is -2.31. The van der Waals surface area contributed by atoms with Gasteiger partial charge in [-0.2, -0.15) is 0 Å². The molecule has 156 valence electrons. The topological polar surface area (TPSA) is 84.4 Å². The fourth-order valence-electron chi connectivity index (χ4n) is 3.29. The normalized spacial score (nSPS) is 14.6. The van der Waals surface area contributed by atoms with E-state index in [9.17, 15) is 9.59 Å². The van der Waals surface area contributed by atoms with Crippen molar-refractivity contribution in [2.24, 2.45) is 5.92 Å². The molecule has 29 heavy (non-hydrogen) atoms. The minimum Gasteiger partial charge on any atom is -0.494 e. The third-order valence-electron chi connectivity index (χ3n) is 5.18. The SMILES string of the molecule is CCCCOc1ccc(C(=O)NCC2CCN(C(=O)c3snnc3C)CC2)cc1. The zero-order chi connectivity index (χ0) is 20.6. The number of aryl methyl sites for hydroxylation is 1. The van der Waals surface area contributed by atoms with Crippen molar-refractivity contribution >= 4 is 23.3 Å². The second kappa shape index (κ2) is 10.3. The summed E-state index contributed by atoms with van der Waals surface area (Å²) in [5, 5.41) is 6.93. The molecule has 1 fully saturated rings. The molecule has 2 aromatic rings. The maximum Gasteiger partial charge on any atom is 0.267 e. The van der Waals surface area contributed by atoms with E-state index in [-0.39, 0.29) is 11.8 Å². The first-order chi connectivity index (χ1) is 14.1. The Morgan fingerprint density at radius 3 is 2.59 bits per heavy atom. The molecule has 0 unspecified atom stereocenters. The van der Waals surface area contributed by atoms with Crippen molar-refractivity contribution in [1.82, 2.24) is 19.8 Å². The van der Waals surface area contributed by atoms with Gasteiger partial charge in [0.2, 0.25) is 0 Å². The number of rotatable bonds is 8. The Labute approximate surface area is 175 Å². The lowest BCUT2D eigenvalue weighted by Crippen LogP contribution is -2.41. The van der Waals surface area contributed by atoms with Crippen molar-refractivity contribution in [1.29, 1.82) is 0 Å². The van der Waals surface area contributed by atoms with Crippen LogP contribution in [0.25, 0.3) is 0 Å². The minimum atomic E-state index is -0.0741. The smallest absolute Gasteiger partial charge is 0.267 e.